The lowest BCUT2D eigenvalue weighted by molar-refractivity contribution is 0.403. The smallest absolute Gasteiger partial charge is 0.0485 e. The van der Waals surface area contributed by atoms with E-state index in [2.05, 4.69) is 86.7 Å². The fourth-order valence-electron chi connectivity index (χ4n) is 2.40. The van der Waals surface area contributed by atoms with Gasteiger partial charge in [-0.3, -0.25) is 0 Å². The third kappa shape index (κ3) is 3.84. The van der Waals surface area contributed by atoms with Crippen LogP contribution in [0.1, 0.15) is 29.7 Å². The van der Waals surface area contributed by atoms with Gasteiger partial charge in [0.05, 0.1) is 0 Å². The van der Waals surface area contributed by atoms with Crippen molar-refractivity contribution in [2.45, 2.75) is 26.4 Å². The lowest BCUT2D eigenvalue weighted by Gasteiger charge is -2.20. The zero-order valence-corrected chi connectivity index (χ0v) is 12.9. The number of para-hydroxylation sites is 1. The van der Waals surface area contributed by atoms with E-state index in [1.54, 1.807) is 0 Å². The van der Waals surface area contributed by atoms with E-state index in [-0.39, 0.29) is 0 Å². The van der Waals surface area contributed by atoms with Crippen molar-refractivity contribution in [2.24, 2.45) is 0 Å². The Labute approximate surface area is 122 Å². The molecule has 0 saturated carbocycles. The third-order valence-corrected chi connectivity index (χ3v) is 3.42. The molecule has 2 aromatic rings. The number of nitrogens with one attached hydrogen (secondary N) is 1. The van der Waals surface area contributed by atoms with Gasteiger partial charge in [-0.15, -0.1) is 0 Å². The van der Waals surface area contributed by atoms with Crippen molar-refractivity contribution in [2.75, 3.05) is 19.4 Å². The number of benzene rings is 2. The highest BCUT2D eigenvalue weighted by molar-refractivity contribution is 5.52. The molecule has 0 spiro atoms. The van der Waals surface area contributed by atoms with E-state index in [4.69, 9.17) is 0 Å². The highest BCUT2D eigenvalue weighted by Crippen LogP contribution is 2.23. The Balaban J connectivity index is 2.17. The number of nitrogens with zero attached hydrogens (tertiary/aromatic N) is 1. The molecule has 2 heteroatoms. The minimum atomic E-state index is 0.304. The van der Waals surface area contributed by atoms with E-state index in [0.29, 0.717) is 6.04 Å². The highest BCUT2D eigenvalue weighted by Gasteiger charge is 2.08. The molecule has 106 valence electrons. The fraction of sp³-hybridized carbons (Fsp3) is 0.333. The molecule has 0 aliphatic heterocycles. The molecule has 2 rings (SSSR count). The first-order valence-corrected chi connectivity index (χ1v) is 7.12. The first-order chi connectivity index (χ1) is 9.56. The molecular formula is C18H24N2. The van der Waals surface area contributed by atoms with E-state index in [0.717, 1.165) is 6.54 Å². The topological polar surface area (TPSA) is 15.3 Å². The van der Waals surface area contributed by atoms with Crippen LogP contribution in [-0.4, -0.2) is 19.0 Å². The van der Waals surface area contributed by atoms with Gasteiger partial charge in [0, 0.05) is 18.3 Å². The van der Waals surface area contributed by atoms with Gasteiger partial charge in [-0.05, 0) is 45.1 Å². The van der Waals surface area contributed by atoms with Gasteiger partial charge in [0.25, 0.3) is 0 Å². The van der Waals surface area contributed by atoms with Crippen molar-refractivity contribution < 1.29 is 0 Å². The summed E-state index contributed by atoms with van der Waals surface area (Å²) in [5.74, 6) is 0. The summed E-state index contributed by atoms with van der Waals surface area (Å²) in [4.78, 5) is 2.19. The molecule has 0 aliphatic carbocycles. The molecule has 1 unspecified atom stereocenters. The Hall–Kier alpha value is -1.80. The maximum absolute atomic E-state index is 3.63. The SMILES string of the molecule is Cc1cccc(C(C)Nc2ccccc2CN(C)C)c1. The highest BCUT2D eigenvalue weighted by atomic mass is 15.1. The van der Waals surface area contributed by atoms with Crippen molar-refractivity contribution >= 4 is 5.69 Å². The summed E-state index contributed by atoms with van der Waals surface area (Å²) in [6.07, 6.45) is 0. The van der Waals surface area contributed by atoms with Gasteiger partial charge in [0.1, 0.15) is 0 Å². The Morgan fingerprint density at radius 3 is 2.50 bits per heavy atom. The van der Waals surface area contributed by atoms with Gasteiger partial charge in [0.15, 0.2) is 0 Å². The van der Waals surface area contributed by atoms with E-state index in [9.17, 15) is 0 Å². The number of rotatable bonds is 5. The summed E-state index contributed by atoms with van der Waals surface area (Å²) in [6.45, 7) is 5.29. The molecule has 0 fully saturated rings. The Morgan fingerprint density at radius 1 is 1.05 bits per heavy atom. The van der Waals surface area contributed by atoms with Crippen LogP contribution >= 0.6 is 0 Å². The van der Waals surface area contributed by atoms with E-state index in [1.165, 1.54) is 22.4 Å². The van der Waals surface area contributed by atoms with Crippen LogP contribution in [0.2, 0.25) is 0 Å². The van der Waals surface area contributed by atoms with Crippen LogP contribution < -0.4 is 5.32 Å². The van der Waals surface area contributed by atoms with Crippen LogP contribution in [0.3, 0.4) is 0 Å². The monoisotopic (exact) mass is 268 g/mol. The van der Waals surface area contributed by atoms with Gasteiger partial charge >= 0.3 is 0 Å². The second-order valence-electron chi connectivity index (χ2n) is 5.68. The van der Waals surface area contributed by atoms with Gasteiger partial charge < -0.3 is 10.2 Å². The zero-order chi connectivity index (χ0) is 14.5. The molecule has 1 atom stereocenters. The second-order valence-corrected chi connectivity index (χ2v) is 5.68. The summed E-state index contributed by atoms with van der Waals surface area (Å²) in [6, 6.07) is 17.5. The molecule has 0 saturated heterocycles. The van der Waals surface area contributed by atoms with Crippen molar-refractivity contribution in [3.63, 3.8) is 0 Å². The zero-order valence-electron chi connectivity index (χ0n) is 12.9. The summed E-state index contributed by atoms with van der Waals surface area (Å²) < 4.78 is 0. The van der Waals surface area contributed by atoms with Crippen molar-refractivity contribution in [1.82, 2.24) is 4.90 Å². The predicted molar refractivity (Wildman–Crippen MR) is 87.0 cm³/mol. The van der Waals surface area contributed by atoms with Crippen LogP contribution in [0.25, 0.3) is 0 Å². The van der Waals surface area contributed by atoms with Crippen LogP contribution in [0.15, 0.2) is 48.5 Å². The molecule has 0 radical (unpaired) electrons. The summed E-state index contributed by atoms with van der Waals surface area (Å²) in [5, 5.41) is 3.63. The van der Waals surface area contributed by atoms with Crippen molar-refractivity contribution in [3.05, 3.63) is 65.2 Å². The Kier molecular flexibility index (Phi) is 4.80. The normalized spacial score (nSPS) is 12.4. The number of hydrogen-bond donors (Lipinski definition) is 1. The first-order valence-electron chi connectivity index (χ1n) is 7.12. The number of aryl methyl sites for hydroxylation is 1. The van der Waals surface area contributed by atoms with Gasteiger partial charge in [-0.2, -0.15) is 0 Å². The molecule has 2 aromatic carbocycles. The molecule has 0 aliphatic rings. The second kappa shape index (κ2) is 6.58. The maximum atomic E-state index is 3.63. The Morgan fingerprint density at radius 2 is 1.80 bits per heavy atom. The molecule has 20 heavy (non-hydrogen) atoms. The quantitative estimate of drug-likeness (QED) is 0.873. The average Bonchev–Trinajstić information content (AvgIpc) is 2.40. The maximum Gasteiger partial charge on any atom is 0.0485 e. The molecule has 1 N–H and O–H groups in total. The van der Waals surface area contributed by atoms with Crippen LogP contribution in [0.5, 0.6) is 0 Å². The van der Waals surface area contributed by atoms with Gasteiger partial charge in [0.2, 0.25) is 0 Å². The Bertz CT molecular complexity index is 561. The lowest BCUT2D eigenvalue weighted by Crippen LogP contribution is -2.14. The van der Waals surface area contributed by atoms with Gasteiger partial charge in [-0.1, -0.05) is 48.0 Å². The minimum absolute atomic E-state index is 0.304. The van der Waals surface area contributed by atoms with Crippen LogP contribution in [0.4, 0.5) is 5.69 Å². The lowest BCUT2D eigenvalue weighted by atomic mass is 10.0. The van der Waals surface area contributed by atoms with E-state index in [1.807, 2.05) is 0 Å². The average molecular weight is 268 g/mol. The van der Waals surface area contributed by atoms with Crippen LogP contribution in [0, 0.1) is 6.92 Å². The number of anilines is 1. The number of hydrogen-bond acceptors (Lipinski definition) is 2. The molecule has 0 bridgehead atoms. The predicted octanol–water partition coefficient (Wildman–Crippen LogP) is 4.23. The van der Waals surface area contributed by atoms with Gasteiger partial charge in [-0.25, -0.2) is 0 Å². The largest absolute Gasteiger partial charge is 0.378 e. The first kappa shape index (κ1) is 14.6. The molecule has 0 amide bonds. The van der Waals surface area contributed by atoms with Crippen LogP contribution in [-0.2, 0) is 6.54 Å². The molecule has 2 nitrogen and oxygen atoms in total. The standard InChI is InChI=1S/C18H24N2/c1-14-8-7-10-16(12-14)15(2)19-18-11-6-5-9-17(18)13-20(3)4/h5-12,15,19H,13H2,1-4H3. The van der Waals surface area contributed by atoms with Crippen molar-refractivity contribution in [1.29, 1.82) is 0 Å². The molecule has 0 aromatic heterocycles. The summed E-state index contributed by atoms with van der Waals surface area (Å²) in [7, 11) is 4.20. The summed E-state index contributed by atoms with van der Waals surface area (Å²) in [5.41, 5.74) is 5.18. The summed E-state index contributed by atoms with van der Waals surface area (Å²) >= 11 is 0. The van der Waals surface area contributed by atoms with E-state index >= 15 is 0 Å². The van der Waals surface area contributed by atoms with E-state index < -0.39 is 0 Å². The molecule has 0 heterocycles. The molecular weight excluding hydrogens is 244 g/mol. The fourth-order valence-corrected chi connectivity index (χ4v) is 2.40. The minimum Gasteiger partial charge on any atom is -0.378 e. The third-order valence-electron chi connectivity index (χ3n) is 3.42. The van der Waals surface area contributed by atoms with Crippen molar-refractivity contribution in [3.8, 4) is 0 Å².